The van der Waals surface area contributed by atoms with Crippen LogP contribution < -0.4 is 0 Å². The van der Waals surface area contributed by atoms with Gasteiger partial charge in [-0.05, 0) is 50.1 Å². The van der Waals surface area contributed by atoms with Gasteiger partial charge in [0, 0.05) is 30.8 Å². The first-order valence-corrected chi connectivity index (χ1v) is 8.95. The molecule has 134 valence electrons. The summed E-state index contributed by atoms with van der Waals surface area (Å²) in [5.41, 5.74) is 5.73. The molecule has 3 rings (SSSR count). The van der Waals surface area contributed by atoms with Crippen molar-refractivity contribution in [3.05, 3.63) is 58.6 Å². The number of rotatable bonds is 5. The maximum absolute atomic E-state index is 6.26. The Hall–Kier alpha value is -2.59. The zero-order chi connectivity index (χ0) is 18.7. The van der Waals surface area contributed by atoms with Crippen molar-refractivity contribution in [2.75, 3.05) is 13.6 Å². The third-order valence-corrected chi connectivity index (χ3v) is 4.69. The van der Waals surface area contributed by atoms with Crippen LogP contribution in [0.4, 0.5) is 5.69 Å². The van der Waals surface area contributed by atoms with Gasteiger partial charge in [0.2, 0.25) is 0 Å². The van der Waals surface area contributed by atoms with Crippen LogP contribution in [0.25, 0.3) is 22.6 Å². The molecule has 0 saturated carbocycles. The van der Waals surface area contributed by atoms with Crippen LogP contribution in [-0.4, -0.2) is 30.0 Å². The van der Waals surface area contributed by atoms with Crippen molar-refractivity contribution < 1.29 is 4.52 Å². The van der Waals surface area contributed by atoms with E-state index in [0.29, 0.717) is 5.02 Å². The summed E-state index contributed by atoms with van der Waals surface area (Å²) in [7, 11) is 2.00. The molecule has 0 atom stereocenters. The van der Waals surface area contributed by atoms with Gasteiger partial charge in [0.05, 0.1) is 17.0 Å². The molecule has 2 aromatic carbocycles. The first-order chi connectivity index (χ1) is 12.5. The van der Waals surface area contributed by atoms with E-state index in [4.69, 9.17) is 16.1 Å². The molecular formula is C21H22ClN3O. The minimum atomic E-state index is 0.657. The molecular weight excluding hydrogens is 346 g/mol. The van der Waals surface area contributed by atoms with Crippen LogP contribution >= 0.6 is 11.6 Å². The Bertz CT molecular complexity index is 946. The number of hydrogen-bond donors (Lipinski definition) is 0. The van der Waals surface area contributed by atoms with Crippen LogP contribution in [0.2, 0.25) is 5.02 Å². The second-order valence-corrected chi connectivity index (χ2v) is 6.73. The molecule has 5 heteroatoms. The lowest BCUT2D eigenvalue weighted by atomic mass is 10.0. The second kappa shape index (κ2) is 7.75. The van der Waals surface area contributed by atoms with Crippen molar-refractivity contribution in [1.82, 2.24) is 10.1 Å². The predicted octanol–water partition coefficient (Wildman–Crippen LogP) is 5.89. The molecule has 26 heavy (non-hydrogen) atoms. The zero-order valence-corrected chi connectivity index (χ0v) is 16.2. The van der Waals surface area contributed by atoms with E-state index in [1.807, 2.05) is 55.5 Å². The van der Waals surface area contributed by atoms with E-state index in [1.165, 1.54) is 0 Å². The lowest BCUT2D eigenvalue weighted by Crippen LogP contribution is -2.14. The van der Waals surface area contributed by atoms with Gasteiger partial charge < -0.3 is 9.42 Å². The summed E-state index contributed by atoms with van der Waals surface area (Å²) in [5, 5.41) is 4.85. The van der Waals surface area contributed by atoms with E-state index in [2.05, 4.69) is 36.1 Å². The van der Waals surface area contributed by atoms with Crippen molar-refractivity contribution in [2.45, 2.75) is 20.8 Å². The number of aromatic nitrogens is 1. The minimum Gasteiger partial charge on any atom is -0.366 e. The third-order valence-electron chi connectivity index (χ3n) is 4.36. The van der Waals surface area contributed by atoms with Crippen molar-refractivity contribution in [2.24, 2.45) is 4.99 Å². The molecule has 0 unspecified atom stereocenters. The maximum Gasteiger partial charge on any atom is 0.167 e. The van der Waals surface area contributed by atoms with Gasteiger partial charge in [0.1, 0.15) is 5.69 Å². The highest BCUT2D eigenvalue weighted by Gasteiger charge is 2.14. The van der Waals surface area contributed by atoms with E-state index in [0.717, 1.165) is 45.9 Å². The number of benzene rings is 2. The molecule has 1 aromatic heterocycles. The Morgan fingerprint density at radius 2 is 1.88 bits per heavy atom. The molecule has 1 heterocycles. The standard InChI is InChI=1S/C21H22ClN3O/c1-5-25(4)13-23-19-11-14(2)17(10-15(19)3)21-12-20(24-26-21)16-8-6-7-9-18(16)22/h6-13H,5H2,1-4H3. The average Bonchev–Trinajstić information content (AvgIpc) is 3.11. The SMILES string of the molecule is CCN(C)C=Nc1cc(C)c(-c2cc(-c3ccccc3Cl)no2)cc1C. The zero-order valence-electron chi connectivity index (χ0n) is 15.5. The van der Waals surface area contributed by atoms with Gasteiger partial charge in [-0.15, -0.1) is 0 Å². The van der Waals surface area contributed by atoms with E-state index in [9.17, 15) is 0 Å². The average molecular weight is 368 g/mol. The fourth-order valence-electron chi connectivity index (χ4n) is 2.65. The van der Waals surface area contributed by atoms with Gasteiger partial charge in [0.15, 0.2) is 5.76 Å². The quantitative estimate of drug-likeness (QED) is 0.417. The van der Waals surface area contributed by atoms with Gasteiger partial charge in [-0.25, -0.2) is 4.99 Å². The Labute approximate surface area is 159 Å². The Balaban J connectivity index is 1.95. The number of hydrogen-bond acceptors (Lipinski definition) is 3. The molecule has 0 N–H and O–H groups in total. The molecule has 0 amide bonds. The van der Waals surface area contributed by atoms with Gasteiger partial charge in [-0.1, -0.05) is 35.0 Å². The first kappa shape index (κ1) is 18.2. The van der Waals surface area contributed by atoms with Gasteiger partial charge in [0.25, 0.3) is 0 Å². The molecule has 0 aliphatic heterocycles. The lowest BCUT2D eigenvalue weighted by Gasteiger charge is -2.10. The summed E-state index contributed by atoms with van der Waals surface area (Å²) in [6.07, 6.45) is 1.85. The number of aryl methyl sites for hydroxylation is 2. The molecule has 0 aliphatic carbocycles. The normalized spacial score (nSPS) is 11.3. The van der Waals surface area contributed by atoms with E-state index < -0.39 is 0 Å². The largest absolute Gasteiger partial charge is 0.366 e. The monoisotopic (exact) mass is 367 g/mol. The van der Waals surface area contributed by atoms with Crippen LogP contribution in [0.5, 0.6) is 0 Å². The van der Waals surface area contributed by atoms with Crippen molar-refractivity contribution in [1.29, 1.82) is 0 Å². The molecule has 0 fully saturated rings. The van der Waals surface area contributed by atoms with Crippen LogP contribution in [0.15, 0.2) is 52.0 Å². The Morgan fingerprint density at radius 1 is 1.12 bits per heavy atom. The fraction of sp³-hybridized carbons (Fsp3) is 0.238. The topological polar surface area (TPSA) is 41.6 Å². The van der Waals surface area contributed by atoms with Gasteiger partial charge in [-0.3, -0.25) is 0 Å². The van der Waals surface area contributed by atoms with Crippen LogP contribution in [0.3, 0.4) is 0 Å². The summed E-state index contributed by atoms with van der Waals surface area (Å²) < 4.78 is 5.60. The molecule has 0 saturated heterocycles. The minimum absolute atomic E-state index is 0.657. The van der Waals surface area contributed by atoms with E-state index >= 15 is 0 Å². The van der Waals surface area contributed by atoms with Crippen molar-refractivity contribution in [3.8, 4) is 22.6 Å². The highest BCUT2D eigenvalue weighted by atomic mass is 35.5. The van der Waals surface area contributed by atoms with Crippen LogP contribution in [0, 0.1) is 13.8 Å². The van der Waals surface area contributed by atoms with Crippen molar-refractivity contribution >= 4 is 23.6 Å². The highest BCUT2D eigenvalue weighted by Crippen LogP contribution is 2.34. The van der Waals surface area contributed by atoms with Crippen molar-refractivity contribution in [3.63, 3.8) is 0 Å². The van der Waals surface area contributed by atoms with Gasteiger partial charge in [-0.2, -0.15) is 0 Å². The summed E-state index contributed by atoms with van der Waals surface area (Å²) in [4.78, 5) is 6.61. The summed E-state index contributed by atoms with van der Waals surface area (Å²) in [5.74, 6) is 0.724. The molecule has 0 spiro atoms. The number of aliphatic imine (C=N–C) groups is 1. The Kier molecular flexibility index (Phi) is 5.43. The smallest absolute Gasteiger partial charge is 0.167 e. The fourth-order valence-corrected chi connectivity index (χ4v) is 2.88. The molecule has 3 aromatic rings. The molecule has 0 radical (unpaired) electrons. The molecule has 0 bridgehead atoms. The summed E-state index contributed by atoms with van der Waals surface area (Å²) in [6, 6.07) is 13.7. The maximum atomic E-state index is 6.26. The third kappa shape index (κ3) is 3.81. The first-order valence-electron chi connectivity index (χ1n) is 8.57. The van der Waals surface area contributed by atoms with E-state index in [-0.39, 0.29) is 0 Å². The van der Waals surface area contributed by atoms with Crippen LogP contribution in [0.1, 0.15) is 18.1 Å². The summed E-state index contributed by atoms with van der Waals surface area (Å²) >= 11 is 6.26. The lowest BCUT2D eigenvalue weighted by molar-refractivity contribution is 0.434. The molecule has 4 nitrogen and oxygen atoms in total. The van der Waals surface area contributed by atoms with E-state index in [1.54, 1.807) is 0 Å². The second-order valence-electron chi connectivity index (χ2n) is 6.33. The summed E-state index contributed by atoms with van der Waals surface area (Å²) in [6.45, 7) is 7.11. The number of halogens is 1. The number of nitrogens with zero attached hydrogens (tertiary/aromatic N) is 3. The molecule has 0 aliphatic rings. The predicted molar refractivity (Wildman–Crippen MR) is 108 cm³/mol. The van der Waals surface area contributed by atoms with Gasteiger partial charge >= 0.3 is 0 Å². The Morgan fingerprint density at radius 3 is 2.62 bits per heavy atom. The van der Waals surface area contributed by atoms with Crippen LogP contribution in [-0.2, 0) is 0 Å². The highest BCUT2D eigenvalue weighted by molar-refractivity contribution is 6.33.